The molecule has 0 bridgehead atoms. The summed E-state index contributed by atoms with van der Waals surface area (Å²) in [5, 5.41) is 0. The Morgan fingerprint density at radius 3 is 2.95 bits per heavy atom. The summed E-state index contributed by atoms with van der Waals surface area (Å²) in [5.41, 5.74) is 2.78. The van der Waals surface area contributed by atoms with E-state index in [1.54, 1.807) is 18.5 Å². The molecule has 2 nitrogen and oxygen atoms in total. The number of nitrogens with zero attached hydrogens (tertiary/aromatic N) is 1. The lowest BCUT2D eigenvalue weighted by atomic mass is 10.1. The number of ether oxygens (including phenoxy) is 1. The van der Waals surface area contributed by atoms with Crippen LogP contribution in [0.2, 0.25) is 0 Å². The van der Waals surface area contributed by atoms with E-state index >= 15 is 0 Å². The minimum atomic E-state index is -0.151. The fourth-order valence-corrected chi connectivity index (χ4v) is 2.75. The Morgan fingerprint density at radius 2 is 2.09 bits per heavy atom. The molecule has 0 unspecified atom stereocenters. The van der Waals surface area contributed by atoms with Gasteiger partial charge in [0.25, 0.3) is 0 Å². The molecule has 0 fully saturated rings. The van der Waals surface area contributed by atoms with Crippen LogP contribution in [0.15, 0.2) is 59.8 Å². The van der Waals surface area contributed by atoms with Crippen LogP contribution in [0.1, 0.15) is 36.1 Å². The summed E-state index contributed by atoms with van der Waals surface area (Å²) < 4.78 is 19.4. The zero-order valence-electron chi connectivity index (χ0n) is 12.5. The number of allylic oxidation sites excluding steroid dienone is 1. The predicted molar refractivity (Wildman–Crippen MR) is 86.9 cm³/mol. The van der Waals surface area contributed by atoms with E-state index in [4.69, 9.17) is 4.74 Å². The van der Waals surface area contributed by atoms with Gasteiger partial charge >= 0.3 is 0 Å². The van der Waals surface area contributed by atoms with E-state index in [-0.39, 0.29) is 11.9 Å². The fraction of sp³-hybridized carbons (Fsp3) is 0.211. The SMILES string of the molecule is C/C=C/Oc1cccc(C=N[C@@H]2CCc3cccc(F)c32)c1. The second-order valence-electron chi connectivity index (χ2n) is 5.31. The van der Waals surface area contributed by atoms with E-state index in [0.29, 0.717) is 0 Å². The van der Waals surface area contributed by atoms with Crippen LogP contribution >= 0.6 is 0 Å². The molecule has 2 aromatic carbocycles. The highest BCUT2D eigenvalue weighted by molar-refractivity contribution is 5.80. The molecule has 0 radical (unpaired) electrons. The average Bonchev–Trinajstić information content (AvgIpc) is 2.96. The number of aliphatic imine (C=N–C) groups is 1. The molecular formula is C19H18FNO. The van der Waals surface area contributed by atoms with Crippen molar-refractivity contribution in [1.82, 2.24) is 0 Å². The minimum Gasteiger partial charge on any atom is -0.465 e. The van der Waals surface area contributed by atoms with Crippen LogP contribution in [-0.4, -0.2) is 6.21 Å². The third kappa shape index (κ3) is 3.08. The van der Waals surface area contributed by atoms with Gasteiger partial charge in [0, 0.05) is 11.8 Å². The Hall–Kier alpha value is -2.42. The van der Waals surface area contributed by atoms with Crippen molar-refractivity contribution < 1.29 is 9.13 Å². The smallest absolute Gasteiger partial charge is 0.128 e. The van der Waals surface area contributed by atoms with Gasteiger partial charge in [-0.3, -0.25) is 4.99 Å². The summed E-state index contributed by atoms with van der Waals surface area (Å²) in [5.74, 6) is 0.613. The van der Waals surface area contributed by atoms with Crippen LogP contribution in [0, 0.1) is 5.82 Å². The van der Waals surface area contributed by atoms with Gasteiger partial charge in [-0.2, -0.15) is 0 Å². The molecular weight excluding hydrogens is 277 g/mol. The molecule has 3 rings (SSSR count). The molecule has 0 aromatic heterocycles. The molecule has 1 aliphatic carbocycles. The van der Waals surface area contributed by atoms with Gasteiger partial charge in [0.1, 0.15) is 11.6 Å². The van der Waals surface area contributed by atoms with Crippen LogP contribution in [-0.2, 0) is 6.42 Å². The Kier molecular flexibility index (Phi) is 4.33. The third-order valence-corrected chi connectivity index (χ3v) is 3.77. The Morgan fingerprint density at radius 1 is 1.23 bits per heavy atom. The number of rotatable bonds is 4. The molecule has 1 atom stereocenters. The average molecular weight is 295 g/mol. The summed E-state index contributed by atoms with van der Waals surface area (Å²) >= 11 is 0. The van der Waals surface area contributed by atoms with Crippen molar-refractivity contribution in [3.63, 3.8) is 0 Å². The first-order valence-corrected chi connectivity index (χ1v) is 7.46. The van der Waals surface area contributed by atoms with Crippen molar-refractivity contribution in [2.75, 3.05) is 0 Å². The molecule has 0 heterocycles. The highest BCUT2D eigenvalue weighted by atomic mass is 19.1. The third-order valence-electron chi connectivity index (χ3n) is 3.77. The number of benzene rings is 2. The largest absolute Gasteiger partial charge is 0.465 e. The summed E-state index contributed by atoms with van der Waals surface area (Å²) in [6.07, 6.45) is 7.02. The molecule has 0 aliphatic heterocycles. The van der Waals surface area contributed by atoms with Crippen LogP contribution in [0.4, 0.5) is 4.39 Å². The van der Waals surface area contributed by atoms with Crippen LogP contribution < -0.4 is 4.74 Å². The first-order valence-electron chi connectivity index (χ1n) is 7.46. The Bertz CT molecular complexity index is 721. The molecule has 0 saturated carbocycles. The maximum atomic E-state index is 14.0. The highest BCUT2D eigenvalue weighted by Crippen LogP contribution is 2.35. The van der Waals surface area contributed by atoms with Gasteiger partial charge in [0.05, 0.1) is 12.3 Å². The molecule has 112 valence electrons. The molecule has 0 N–H and O–H groups in total. The molecule has 0 saturated heterocycles. The van der Waals surface area contributed by atoms with Gasteiger partial charge in [-0.15, -0.1) is 0 Å². The maximum absolute atomic E-state index is 14.0. The first-order chi connectivity index (χ1) is 10.8. The number of hydrogen-bond donors (Lipinski definition) is 0. The number of aryl methyl sites for hydroxylation is 1. The van der Waals surface area contributed by atoms with Gasteiger partial charge in [-0.1, -0.05) is 30.3 Å². The maximum Gasteiger partial charge on any atom is 0.128 e. The van der Waals surface area contributed by atoms with E-state index in [2.05, 4.69) is 4.99 Å². The quantitative estimate of drug-likeness (QED) is 0.584. The summed E-state index contributed by atoms with van der Waals surface area (Å²) in [6, 6.07) is 12.9. The second kappa shape index (κ2) is 6.56. The summed E-state index contributed by atoms with van der Waals surface area (Å²) in [7, 11) is 0. The Labute approximate surface area is 130 Å². The van der Waals surface area contributed by atoms with Crippen molar-refractivity contribution >= 4 is 6.21 Å². The van der Waals surface area contributed by atoms with Crippen molar-refractivity contribution in [3.8, 4) is 5.75 Å². The lowest BCUT2D eigenvalue weighted by Crippen LogP contribution is -1.95. The molecule has 0 amide bonds. The summed E-state index contributed by atoms with van der Waals surface area (Å²) in [4.78, 5) is 4.58. The van der Waals surface area contributed by atoms with Crippen LogP contribution in [0.5, 0.6) is 5.75 Å². The number of halogens is 1. The van der Waals surface area contributed by atoms with Crippen molar-refractivity contribution in [3.05, 3.63) is 77.3 Å². The van der Waals surface area contributed by atoms with Gasteiger partial charge < -0.3 is 4.74 Å². The molecule has 0 spiro atoms. The fourth-order valence-electron chi connectivity index (χ4n) is 2.75. The molecule has 22 heavy (non-hydrogen) atoms. The number of fused-ring (bicyclic) bond motifs is 1. The first kappa shape index (κ1) is 14.5. The lowest BCUT2D eigenvalue weighted by molar-refractivity contribution is 0.480. The van der Waals surface area contributed by atoms with Gasteiger partial charge in [-0.25, -0.2) is 4.39 Å². The van der Waals surface area contributed by atoms with E-state index in [0.717, 1.165) is 35.3 Å². The lowest BCUT2D eigenvalue weighted by Gasteiger charge is -2.07. The minimum absolute atomic E-state index is 0.0867. The van der Waals surface area contributed by atoms with Crippen molar-refractivity contribution in [2.24, 2.45) is 4.99 Å². The van der Waals surface area contributed by atoms with E-state index < -0.39 is 0 Å². The predicted octanol–water partition coefficient (Wildman–Crippen LogP) is 4.84. The monoisotopic (exact) mass is 295 g/mol. The molecule has 2 aromatic rings. The molecule has 3 heteroatoms. The van der Waals surface area contributed by atoms with Crippen molar-refractivity contribution in [1.29, 1.82) is 0 Å². The second-order valence-corrected chi connectivity index (χ2v) is 5.31. The van der Waals surface area contributed by atoms with Crippen LogP contribution in [0.3, 0.4) is 0 Å². The van der Waals surface area contributed by atoms with E-state index in [1.165, 1.54) is 6.07 Å². The number of hydrogen-bond acceptors (Lipinski definition) is 2. The van der Waals surface area contributed by atoms with Crippen LogP contribution in [0.25, 0.3) is 0 Å². The molecule has 1 aliphatic rings. The zero-order valence-corrected chi connectivity index (χ0v) is 12.5. The zero-order chi connectivity index (χ0) is 15.4. The van der Waals surface area contributed by atoms with Gasteiger partial charge in [-0.05, 0) is 49.1 Å². The van der Waals surface area contributed by atoms with E-state index in [9.17, 15) is 4.39 Å². The Balaban J connectivity index is 1.79. The van der Waals surface area contributed by atoms with Gasteiger partial charge in [0.15, 0.2) is 0 Å². The normalized spacial score (nSPS) is 17.3. The standard InChI is InChI=1S/C19H18FNO/c1-2-11-22-16-7-3-5-14(12-16)13-21-18-10-9-15-6-4-8-17(20)19(15)18/h2-8,11-13,18H,9-10H2,1H3/b11-2+,21-13?/t18-/m1/s1. The van der Waals surface area contributed by atoms with Crippen molar-refractivity contribution in [2.45, 2.75) is 25.8 Å². The van der Waals surface area contributed by atoms with Gasteiger partial charge in [0.2, 0.25) is 0 Å². The topological polar surface area (TPSA) is 21.6 Å². The summed E-state index contributed by atoms with van der Waals surface area (Å²) in [6.45, 7) is 1.90. The highest BCUT2D eigenvalue weighted by Gasteiger charge is 2.24. The van der Waals surface area contributed by atoms with E-state index in [1.807, 2.05) is 43.3 Å².